The Morgan fingerprint density at radius 2 is 1.88 bits per heavy atom. The second kappa shape index (κ2) is 11.3. The summed E-state index contributed by atoms with van der Waals surface area (Å²) in [5, 5.41) is 12.2. The number of carboxylic acids is 1. The van der Waals surface area contributed by atoms with Gasteiger partial charge < -0.3 is 15.2 Å². The van der Waals surface area contributed by atoms with E-state index in [1.165, 1.54) is 4.90 Å². The Morgan fingerprint density at radius 1 is 1.15 bits per heavy atom. The summed E-state index contributed by atoms with van der Waals surface area (Å²) in [4.78, 5) is 49.9. The normalized spacial score (nSPS) is 15.7. The van der Waals surface area contributed by atoms with Crippen LogP contribution in [0.3, 0.4) is 0 Å². The van der Waals surface area contributed by atoms with Crippen molar-refractivity contribution in [3.05, 3.63) is 63.6 Å². The number of benzene rings is 2. The lowest BCUT2D eigenvalue weighted by Crippen LogP contribution is -2.55. The van der Waals surface area contributed by atoms with Crippen LogP contribution in [0.4, 0.5) is 14.9 Å². The topological polar surface area (TPSA) is 113 Å². The molecule has 180 valence electrons. The summed E-state index contributed by atoms with van der Waals surface area (Å²) in [6, 6.07) is 11.8. The fraction of sp³-hybridized carbons (Fsp3) is 0.304. The van der Waals surface area contributed by atoms with Crippen molar-refractivity contribution in [2.24, 2.45) is 5.92 Å². The number of carbonyl (C=O) groups excluding carboxylic acids is 3. The van der Waals surface area contributed by atoms with E-state index in [9.17, 15) is 23.6 Å². The first-order chi connectivity index (χ1) is 16.2. The first-order valence-corrected chi connectivity index (χ1v) is 11.1. The molecule has 0 fully saturated rings. The zero-order chi connectivity index (χ0) is 24.8. The molecule has 0 bridgehead atoms. The number of nitrogens with zero attached hydrogens (tertiary/aromatic N) is 1. The van der Waals surface area contributed by atoms with Gasteiger partial charge in [0.15, 0.2) is 5.78 Å². The average Bonchev–Trinajstić information content (AvgIpc) is 2.82. The molecule has 2 atom stereocenters. The molecule has 2 aromatic carbocycles. The van der Waals surface area contributed by atoms with Gasteiger partial charge in [-0.1, -0.05) is 47.5 Å². The van der Waals surface area contributed by atoms with E-state index in [0.29, 0.717) is 27.7 Å². The van der Waals surface area contributed by atoms with Crippen LogP contribution in [-0.2, 0) is 32.1 Å². The number of aryl methyl sites for hydroxylation is 1. The number of para-hydroxylation sites is 1. The Balaban J connectivity index is 1.82. The van der Waals surface area contributed by atoms with Crippen LogP contribution in [0.15, 0.2) is 42.5 Å². The molecular formula is C23H21Cl2FN2O6. The predicted molar refractivity (Wildman–Crippen MR) is 123 cm³/mol. The van der Waals surface area contributed by atoms with Crippen LogP contribution in [0.1, 0.15) is 24.0 Å². The maximum absolute atomic E-state index is 13.1. The second-order valence-electron chi connectivity index (χ2n) is 7.62. The molecule has 34 heavy (non-hydrogen) atoms. The average molecular weight is 511 g/mol. The lowest BCUT2D eigenvalue weighted by atomic mass is 9.97. The highest BCUT2D eigenvalue weighted by Crippen LogP contribution is 2.31. The fourth-order valence-electron chi connectivity index (χ4n) is 3.64. The van der Waals surface area contributed by atoms with Gasteiger partial charge in [-0.15, -0.1) is 0 Å². The second-order valence-corrected chi connectivity index (χ2v) is 8.43. The molecule has 1 aliphatic rings. The van der Waals surface area contributed by atoms with Gasteiger partial charge in [0.25, 0.3) is 0 Å². The molecule has 0 aliphatic carbocycles. The van der Waals surface area contributed by atoms with Crippen LogP contribution in [0.5, 0.6) is 0 Å². The van der Waals surface area contributed by atoms with Crippen LogP contribution in [0.25, 0.3) is 0 Å². The number of ether oxygens (including phenoxy) is 1. The number of anilines is 1. The third kappa shape index (κ3) is 6.03. The van der Waals surface area contributed by atoms with Crippen molar-refractivity contribution < 1.29 is 33.4 Å². The summed E-state index contributed by atoms with van der Waals surface area (Å²) >= 11 is 11.9. The van der Waals surface area contributed by atoms with Gasteiger partial charge >= 0.3 is 12.1 Å². The minimum Gasteiger partial charge on any atom is -0.481 e. The molecular weight excluding hydrogens is 490 g/mol. The number of halogens is 3. The molecule has 1 heterocycles. The van der Waals surface area contributed by atoms with Crippen LogP contribution in [0.2, 0.25) is 10.0 Å². The summed E-state index contributed by atoms with van der Waals surface area (Å²) in [7, 11) is 0. The summed E-state index contributed by atoms with van der Waals surface area (Å²) in [5.74, 6) is -5.26. The molecule has 2 aromatic rings. The van der Waals surface area contributed by atoms with Crippen molar-refractivity contribution in [3.63, 3.8) is 0 Å². The Hall–Kier alpha value is -3.17. The smallest absolute Gasteiger partial charge is 0.416 e. The Bertz CT molecular complexity index is 1110. The zero-order valence-corrected chi connectivity index (χ0v) is 19.3. The standard InChI is InChI=1S/C23H21Cl2FN2O6/c24-16-7-5-13(9-17(16)25)12-34-23(33)28-18-4-2-1-3-14(18)6-8-20(28)27-22(32)15(10-21(30)31)19(29)11-26/h1-5,7,9,15,20H,6,8,10-12H2,(H,27,32)(H,30,31). The van der Waals surface area contributed by atoms with E-state index in [1.54, 1.807) is 36.4 Å². The zero-order valence-electron chi connectivity index (χ0n) is 17.8. The number of ketones is 1. The van der Waals surface area contributed by atoms with E-state index in [1.807, 2.05) is 6.07 Å². The number of carbonyl (C=O) groups is 4. The van der Waals surface area contributed by atoms with Crippen LogP contribution >= 0.6 is 23.2 Å². The SMILES string of the molecule is O=C(O)CC(C(=O)CF)C(=O)NC1CCc2ccccc2N1C(=O)OCc1ccc(Cl)c(Cl)c1. The number of hydrogen-bond acceptors (Lipinski definition) is 5. The molecule has 8 nitrogen and oxygen atoms in total. The number of rotatable bonds is 8. The number of amides is 2. The third-order valence-corrected chi connectivity index (χ3v) is 6.06. The molecule has 0 saturated carbocycles. The van der Waals surface area contributed by atoms with Gasteiger partial charge in [0.1, 0.15) is 25.4 Å². The fourth-order valence-corrected chi connectivity index (χ4v) is 3.96. The minimum atomic E-state index is -1.71. The molecule has 0 saturated heterocycles. The van der Waals surface area contributed by atoms with E-state index < -0.39 is 48.9 Å². The molecule has 0 radical (unpaired) electrons. The van der Waals surface area contributed by atoms with Crippen molar-refractivity contribution in [1.29, 1.82) is 0 Å². The van der Waals surface area contributed by atoms with Crippen LogP contribution in [-0.4, -0.2) is 41.7 Å². The van der Waals surface area contributed by atoms with Gasteiger partial charge in [0, 0.05) is 0 Å². The van der Waals surface area contributed by atoms with Gasteiger partial charge in [-0.05, 0) is 42.2 Å². The highest BCUT2D eigenvalue weighted by atomic mass is 35.5. The molecule has 3 rings (SSSR count). The van der Waals surface area contributed by atoms with E-state index in [-0.39, 0.29) is 13.0 Å². The maximum Gasteiger partial charge on any atom is 0.416 e. The van der Waals surface area contributed by atoms with Crippen LogP contribution < -0.4 is 10.2 Å². The van der Waals surface area contributed by atoms with Crippen molar-refractivity contribution in [2.75, 3.05) is 11.6 Å². The summed E-state index contributed by atoms with van der Waals surface area (Å²) < 4.78 is 18.4. The highest BCUT2D eigenvalue weighted by Gasteiger charge is 2.36. The van der Waals surface area contributed by atoms with Gasteiger partial charge in [-0.25, -0.2) is 9.18 Å². The van der Waals surface area contributed by atoms with E-state index in [4.69, 9.17) is 33.0 Å². The molecule has 2 N–H and O–H groups in total. The largest absolute Gasteiger partial charge is 0.481 e. The lowest BCUT2D eigenvalue weighted by Gasteiger charge is -2.37. The number of carboxylic acid groups (broad SMARTS) is 1. The predicted octanol–water partition coefficient (Wildman–Crippen LogP) is 4.15. The Kier molecular flexibility index (Phi) is 8.46. The molecule has 11 heteroatoms. The third-order valence-electron chi connectivity index (χ3n) is 5.32. The number of aliphatic carboxylic acids is 1. The van der Waals surface area contributed by atoms with Crippen molar-refractivity contribution >= 4 is 52.6 Å². The number of Topliss-reactive ketones (excluding diaryl/α,β-unsaturated/α-hetero) is 1. The van der Waals surface area contributed by atoms with Gasteiger partial charge in [-0.2, -0.15) is 0 Å². The monoisotopic (exact) mass is 510 g/mol. The maximum atomic E-state index is 13.1. The highest BCUT2D eigenvalue weighted by molar-refractivity contribution is 6.42. The Morgan fingerprint density at radius 3 is 2.56 bits per heavy atom. The molecule has 2 amide bonds. The van der Waals surface area contributed by atoms with Crippen molar-refractivity contribution in [2.45, 2.75) is 32.0 Å². The molecule has 2 unspecified atom stereocenters. The van der Waals surface area contributed by atoms with Crippen molar-refractivity contribution in [3.8, 4) is 0 Å². The van der Waals surface area contributed by atoms with E-state index >= 15 is 0 Å². The molecule has 1 aliphatic heterocycles. The Labute approximate surface area is 204 Å². The van der Waals surface area contributed by atoms with Gasteiger partial charge in [0.05, 0.1) is 22.2 Å². The van der Waals surface area contributed by atoms with Crippen molar-refractivity contribution in [1.82, 2.24) is 5.32 Å². The van der Waals surface area contributed by atoms with Gasteiger partial charge in [0.2, 0.25) is 5.91 Å². The lowest BCUT2D eigenvalue weighted by molar-refractivity contribution is -0.145. The quantitative estimate of drug-likeness (QED) is 0.515. The van der Waals surface area contributed by atoms with E-state index in [2.05, 4.69) is 5.32 Å². The summed E-state index contributed by atoms with van der Waals surface area (Å²) in [5.41, 5.74) is 1.91. The first kappa shape index (κ1) is 25.5. The number of nitrogens with one attached hydrogen (secondary N) is 1. The summed E-state index contributed by atoms with van der Waals surface area (Å²) in [6.07, 6.45) is -1.81. The number of alkyl halides is 1. The van der Waals surface area contributed by atoms with Crippen LogP contribution in [0, 0.1) is 5.92 Å². The number of hydrogen-bond donors (Lipinski definition) is 2. The van der Waals surface area contributed by atoms with E-state index in [0.717, 1.165) is 5.56 Å². The number of fused-ring (bicyclic) bond motifs is 1. The first-order valence-electron chi connectivity index (χ1n) is 10.3. The molecule has 0 aromatic heterocycles. The summed E-state index contributed by atoms with van der Waals surface area (Å²) in [6.45, 7) is -1.61. The minimum absolute atomic E-state index is 0.128. The van der Waals surface area contributed by atoms with Gasteiger partial charge in [-0.3, -0.25) is 19.3 Å². The molecule has 0 spiro atoms.